The minimum absolute atomic E-state index is 0.00211. The third-order valence-electron chi connectivity index (χ3n) is 7.59. The van der Waals surface area contributed by atoms with Gasteiger partial charge in [-0.1, -0.05) is 44.2 Å². The number of nitrogens with one attached hydrogen (secondary N) is 1. The Morgan fingerprint density at radius 2 is 1.67 bits per heavy atom. The Balaban J connectivity index is 1.75. The van der Waals surface area contributed by atoms with Crippen molar-refractivity contribution in [2.75, 3.05) is 36.4 Å². The first-order valence-corrected chi connectivity index (χ1v) is 13.4. The molecule has 1 aliphatic rings. The van der Waals surface area contributed by atoms with E-state index >= 15 is 0 Å². The van der Waals surface area contributed by atoms with E-state index in [1.807, 2.05) is 62.9 Å². The van der Waals surface area contributed by atoms with Gasteiger partial charge >= 0.3 is 0 Å². The average Bonchev–Trinajstić information content (AvgIpc) is 2.91. The molecule has 36 heavy (non-hydrogen) atoms. The molecule has 1 unspecified atom stereocenters. The first-order chi connectivity index (χ1) is 17.5. The van der Waals surface area contributed by atoms with Gasteiger partial charge in [0.2, 0.25) is 11.8 Å². The highest BCUT2D eigenvalue weighted by Crippen LogP contribution is 2.36. The smallest absolute Gasteiger partial charge is 0.230 e. The van der Waals surface area contributed by atoms with Gasteiger partial charge in [-0.2, -0.15) is 5.26 Å². The zero-order valence-electron chi connectivity index (χ0n) is 22.2. The van der Waals surface area contributed by atoms with Gasteiger partial charge in [-0.25, -0.2) is 0 Å². The van der Waals surface area contributed by atoms with Gasteiger partial charge in [-0.15, -0.1) is 0 Å². The van der Waals surface area contributed by atoms with Crippen LogP contribution in [0.15, 0.2) is 48.5 Å². The highest BCUT2D eigenvalue weighted by atomic mass is 16.2. The van der Waals surface area contributed by atoms with Crippen LogP contribution in [0.2, 0.25) is 0 Å². The lowest BCUT2D eigenvalue weighted by Crippen LogP contribution is -2.42. The minimum atomic E-state index is -0.147. The number of nitriles is 1. The summed E-state index contributed by atoms with van der Waals surface area (Å²) in [6.45, 7) is 11.1. The topological polar surface area (TPSA) is 76.4 Å². The summed E-state index contributed by atoms with van der Waals surface area (Å²) >= 11 is 0. The number of carbonyl (C=O) groups excluding carboxylic acids is 2. The Bertz CT molecular complexity index is 1050. The third-order valence-corrected chi connectivity index (χ3v) is 7.59. The zero-order valence-corrected chi connectivity index (χ0v) is 22.2. The number of nitrogens with zero attached hydrogens (tertiary/aromatic N) is 3. The number of benzene rings is 2. The van der Waals surface area contributed by atoms with E-state index in [1.54, 1.807) is 6.07 Å². The molecular weight excluding hydrogens is 448 g/mol. The van der Waals surface area contributed by atoms with E-state index in [4.69, 9.17) is 0 Å². The summed E-state index contributed by atoms with van der Waals surface area (Å²) in [6.07, 6.45) is 3.34. The summed E-state index contributed by atoms with van der Waals surface area (Å²) in [5.74, 6) is 0.292. The molecule has 1 atom stereocenters. The lowest BCUT2D eigenvalue weighted by Gasteiger charge is -2.38. The second kappa shape index (κ2) is 13.1. The molecule has 3 rings (SSSR count). The van der Waals surface area contributed by atoms with E-state index in [0.29, 0.717) is 24.3 Å². The SMILES string of the molecule is CCC(CC)C(=O)Nc1ccc(N2CCC(C(C(=O)N(CC)CC)c3ccccc3)CC2)c(C#N)c1. The van der Waals surface area contributed by atoms with Crippen molar-refractivity contribution in [2.24, 2.45) is 11.8 Å². The quantitative estimate of drug-likeness (QED) is 0.458. The summed E-state index contributed by atoms with van der Waals surface area (Å²) in [5.41, 5.74) is 3.21. The number of piperidine rings is 1. The maximum Gasteiger partial charge on any atom is 0.230 e. The van der Waals surface area contributed by atoms with Crippen molar-refractivity contribution in [2.45, 2.75) is 59.3 Å². The maximum atomic E-state index is 13.5. The van der Waals surface area contributed by atoms with E-state index in [0.717, 1.165) is 50.0 Å². The second-order valence-electron chi connectivity index (χ2n) is 9.57. The summed E-state index contributed by atoms with van der Waals surface area (Å²) in [7, 11) is 0. The van der Waals surface area contributed by atoms with Crippen molar-refractivity contribution in [1.29, 1.82) is 5.26 Å². The summed E-state index contributed by atoms with van der Waals surface area (Å²) in [5, 5.41) is 12.8. The fourth-order valence-corrected chi connectivity index (χ4v) is 5.37. The van der Waals surface area contributed by atoms with E-state index in [1.165, 1.54) is 0 Å². The number of amides is 2. The molecule has 1 fully saturated rings. The number of carbonyl (C=O) groups is 2. The van der Waals surface area contributed by atoms with Crippen LogP contribution >= 0.6 is 0 Å². The summed E-state index contributed by atoms with van der Waals surface area (Å²) < 4.78 is 0. The molecule has 0 bridgehead atoms. The highest BCUT2D eigenvalue weighted by Gasteiger charge is 2.35. The standard InChI is InChI=1S/C30H40N4O2/c1-5-22(6-2)29(35)32-26-14-15-27(25(20-26)21-31)34-18-16-24(17-19-34)28(23-12-10-9-11-13-23)30(36)33(7-3)8-4/h9-15,20,22,24,28H,5-8,16-19H2,1-4H3,(H,32,35). The van der Waals surface area contributed by atoms with Crippen molar-refractivity contribution in [3.05, 3.63) is 59.7 Å². The lowest BCUT2D eigenvalue weighted by molar-refractivity contribution is -0.134. The molecule has 1 saturated heterocycles. The number of rotatable bonds is 10. The highest BCUT2D eigenvalue weighted by molar-refractivity contribution is 5.93. The van der Waals surface area contributed by atoms with Crippen LogP contribution in [0.4, 0.5) is 11.4 Å². The zero-order chi connectivity index (χ0) is 26.1. The van der Waals surface area contributed by atoms with Crippen LogP contribution in [0, 0.1) is 23.2 Å². The first kappa shape index (κ1) is 27.3. The molecule has 2 aromatic rings. The van der Waals surface area contributed by atoms with Crippen LogP contribution < -0.4 is 10.2 Å². The molecule has 1 aliphatic heterocycles. The maximum absolute atomic E-state index is 13.5. The van der Waals surface area contributed by atoms with Crippen LogP contribution in [0.3, 0.4) is 0 Å². The number of anilines is 2. The summed E-state index contributed by atoms with van der Waals surface area (Å²) in [4.78, 5) is 30.2. The third kappa shape index (κ3) is 6.26. The fourth-order valence-electron chi connectivity index (χ4n) is 5.37. The molecule has 6 nitrogen and oxygen atoms in total. The van der Waals surface area contributed by atoms with Gasteiger partial charge in [-0.3, -0.25) is 9.59 Å². The first-order valence-electron chi connectivity index (χ1n) is 13.4. The Kier molecular flexibility index (Phi) is 9.93. The number of hydrogen-bond donors (Lipinski definition) is 1. The number of likely N-dealkylation sites (N-methyl/N-ethyl adjacent to an activating group) is 1. The monoisotopic (exact) mass is 488 g/mol. The molecule has 6 heteroatoms. The molecule has 0 aliphatic carbocycles. The van der Waals surface area contributed by atoms with Crippen LogP contribution in [0.1, 0.15) is 70.4 Å². The van der Waals surface area contributed by atoms with Gasteiger partial charge < -0.3 is 15.1 Å². The van der Waals surface area contributed by atoms with Crippen molar-refractivity contribution >= 4 is 23.2 Å². The predicted octanol–water partition coefficient (Wildman–Crippen LogP) is 5.80. The molecule has 1 N–H and O–H groups in total. The van der Waals surface area contributed by atoms with Crippen LogP contribution in [-0.4, -0.2) is 42.9 Å². The van der Waals surface area contributed by atoms with Gasteiger partial charge in [0, 0.05) is 37.8 Å². The van der Waals surface area contributed by atoms with E-state index < -0.39 is 0 Å². The van der Waals surface area contributed by atoms with E-state index in [-0.39, 0.29) is 29.6 Å². The predicted molar refractivity (Wildman–Crippen MR) is 146 cm³/mol. The van der Waals surface area contributed by atoms with Crippen LogP contribution in [0.25, 0.3) is 0 Å². The molecule has 0 aromatic heterocycles. The molecular formula is C30H40N4O2. The fraction of sp³-hybridized carbons (Fsp3) is 0.500. The average molecular weight is 489 g/mol. The molecule has 2 amide bonds. The Hall–Kier alpha value is -3.33. The van der Waals surface area contributed by atoms with Gasteiger partial charge in [0.25, 0.3) is 0 Å². The van der Waals surface area contributed by atoms with Crippen LogP contribution in [-0.2, 0) is 9.59 Å². The van der Waals surface area contributed by atoms with Gasteiger partial charge in [-0.05, 0) is 69.2 Å². The normalized spacial score (nSPS) is 14.8. The lowest BCUT2D eigenvalue weighted by atomic mass is 9.79. The number of hydrogen-bond acceptors (Lipinski definition) is 4. The van der Waals surface area contributed by atoms with Crippen LogP contribution in [0.5, 0.6) is 0 Å². The minimum Gasteiger partial charge on any atom is -0.370 e. The Morgan fingerprint density at radius 3 is 2.22 bits per heavy atom. The Morgan fingerprint density at radius 1 is 1.03 bits per heavy atom. The molecule has 1 heterocycles. The Labute approximate surface area is 216 Å². The van der Waals surface area contributed by atoms with Crippen molar-refractivity contribution in [1.82, 2.24) is 4.90 Å². The van der Waals surface area contributed by atoms with Crippen molar-refractivity contribution < 1.29 is 9.59 Å². The van der Waals surface area contributed by atoms with Gasteiger partial charge in [0.1, 0.15) is 6.07 Å². The van der Waals surface area contributed by atoms with Gasteiger partial charge in [0.15, 0.2) is 0 Å². The molecule has 0 spiro atoms. The molecule has 2 aromatic carbocycles. The second-order valence-corrected chi connectivity index (χ2v) is 9.57. The molecule has 192 valence electrons. The van der Waals surface area contributed by atoms with Crippen molar-refractivity contribution in [3.63, 3.8) is 0 Å². The van der Waals surface area contributed by atoms with E-state index in [2.05, 4.69) is 28.4 Å². The van der Waals surface area contributed by atoms with E-state index in [9.17, 15) is 14.9 Å². The summed E-state index contributed by atoms with van der Waals surface area (Å²) in [6, 6.07) is 18.1. The van der Waals surface area contributed by atoms with Gasteiger partial charge in [0.05, 0.1) is 17.2 Å². The largest absolute Gasteiger partial charge is 0.370 e. The van der Waals surface area contributed by atoms with Crippen molar-refractivity contribution in [3.8, 4) is 6.07 Å². The molecule has 0 saturated carbocycles. The molecule has 0 radical (unpaired) electrons.